The van der Waals surface area contributed by atoms with E-state index in [-0.39, 0.29) is 23.8 Å². The first-order valence-corrected chi connectivity index (χ1v) is 7.48. The predicted molar refractivity (Wildman–Crippen MR) is 71.2 cm³/mol. The number of rotatable bonds is 3. The van der Waals surface area contributed by atoms with Gasteiger partial charge in [0, 0.05) is 30.8 Å². The van der Waals surface area contributed by atoms with E-state index < -0.39 is 0 Å². The number of ketones is 1. The molecule has 2 rings (SSSR count). The second-order valence-corrected chi connectivity index (χ2v) is 5.87. The number of carbonyl (C=O) groups excluding carboxylic acids is 2. The molecular weight excluding hydrogens is 226 g/mol. The van der Waals surface area contributed by atoms with Gasteiger partial charge in [-0.3, -0.25) is 9.59 Å². The van der Waals surface area contributed by atoms with Crippen LogP contribution in [-0.4, -0.2) is 29.2 Å². The van der Waals surface area contributed by atoms with Crippen LogP contribution < -0.4 is 0 Å². The molecule has 3 heteroatoms. The van der Waals surface area contributed by atoms with Crippen LogP contribution in [0, 0.1) is 11.8 Å². The van der Waals surface area contributed by atoms with Crippen LogP contribution in [0.1, 0.15) is 58.8 Å². The van der Waals surface area contributed by atoms with Crippen LogP contribution in [0.25, 0.3) is 0 Å². The van der Waals surface area contributed by atoms with Gasteiger partial charge in [0.1, 0.15) is 5.78 Å². The fraction of sp³-hybridized carbons (Fsp3) is 0.867. The molecule has 3 nitrogen and oxygen atoms in total. The molecule has 1 saturated carbocycles. The Kier molecular flexibility index (Phi) is 4.41. The van der Waals surface area contributed by atoms with E-state index in [2.05, 4.69) is 6.92 Å². The largest absolute Gasteiger partial charge is 0.339 e. The molecule has 2 aliphatic rings. The van der Waals surface area contributed by atoms with Crippen LogP contribution in [-0.2, 0) is 9.59 Å². The van der Waals surface area contributed by atoms with Crippen LogP contribution in [0.4, 0.5) is 0 Å². The second-order valence-electron chi connectivity index (χ2n) is 5.87. The Morgan fingerprint density at radius 3 is 2.72 bits per heavy atom. The number of carbonyl (C=O) groups is 2. The Hall–Kier alpha value is -0.860. The van der Waals surface area contributed by atoms with Crippen molar-refractivity contribution in [3.8, 4) is 0 Å². The van der Waals surface area contributed by atoms with E-state index in [1.165, 1.54) is 6.42 Å². The van der Waals surface area contributed by atoms with Crippen molar-refractivity contribution in [2.75, 3.05) is 6.54 Å². The minimum Gasteiger partial charge on any atom is -0.339 e. The molecule has 1 aliphatic heterocycles. The monoisotopic (exact) mass is 251 g/mol. The molecule has 0 aromatic rings. The van der Waals surface area contributed by atoms with Gasteiger partial charge >= 0.3 is 0 Å². The van der Waals surface area contributed by atoms with E-state index in [4.69, 9.17) is 0 Å². The molecular formula is C15H25NO2. The van der Waals surface area contributed by atoms with Gasteiger partial charge in [-0.2, -0.15) is 0 Å². The van der Waals surface area contributed by atoms with E-state index in [0.717, 1.165) is 45.1 Å². The summed E-state index contributed by atoms with van der Waals surface area (Å²) in [6, 6.07) is 0.204. The lowest BCUT2D eigenvalue weighted by Gasteiger charge is -2.40. The van der Waals surface area contributed by atoms with E-state index >= 15 is 0 Å². The van der Waals surface area contributed by atoms with Gasteiger partial charge in [-0.1, -0.05) is 13.8 Å². The van der Waals surface area contributed by atoms with Crippen LogP contribution in [0.2, 0.25) is 0 Å². The molecule has 1 heterocycles. The quantitative estimate of drug-likeness (QED) is 0.773. The molecule has 0 radical (unpaired) electrons. The first-order chi connectivity index (χ1) is 8.65. The maximum atomic E-state index is 12.4. The zero-order valence-corrected chi connectivity index (χ0v) is 11.7. The zero-order chi connectivity index (χ0) is 13.1. The van der Waals surface area contributed by atoms with E-state index in [1.807, 2.05) is 11.8 Å². The van der Waals surface area contributed by atoms with Crippen LogP contribution in [0.5, 0.6) is 0 Å². The van der Waals surface area contributed by atoms with Crippen LogP contribution in [0.15, 0.2) is 0 Å². The Bertz CT molecular complexity index is 326. The number of amides is 1. The van der Waals surface area contributed by atoms with E-state index in [9.17, 15) is 9.59 Å². The lowest BCUT2D eigenvalue weighted by Crippen LogP contribution is -2.50. The summed E-state index contributed by atoms with van der Waals surface area (Å²) in [5.41, 5.74) is 0. The summed E-state index contributed by atoms with van der Waals surface area (Å²) in [6.45, 7) is 4.92. The molecule has 1 saturated heterocycles. The standard InChI is InChI=1S/C15H25NO2/c1-3-11(2)15(18)16-10-5-4-8-13(16)12-7-6-9-14(12)17/h11-13H,3-10H2,1-2H3. The van der Waals surface area contributed by atoms with Gasteiger partial charge in [0.15, 0.2) is 0 Å². The summed E-state index contributed by atoms with van der Waals surface area (Å²) < 4.78 is 0. The minimum absolute atomic E-state index is 0.0992. The maximum Gasteiger partial charge on any atom is 0.225 e. The molecule has 3 atom stereocenters. The summed E-state index contributed by atoms with van der Waals surface area (Å²) in [4.78, 5) is 26.4. The Morgan fingerprint density at radius 1 is 1.33 bits per heavy atom. The molecule has 18 heavy (non-hydrogen) atoms. The number of hydrogen-bond acceptors (Lipinski definition) is 2. The summed E-state index contributed by atoms with van der Waals surface area (Å²) in [7, 11) is 0. The highest BCUT2D eigenvalue weighted by Crippen LogP contribution is 2.33. The van der Waals surface area contributed by atoms with Gasteiger partial charge in [0.25, 0.3) is 0 Å². The van der Waals surface area contributed by atoms with Crippen molar-refractivity contribution in [1.29, 1.82) is 0 Å². The lowest BCUT2D eigenvalue weighted by molar-refractivity contribution is -0.141. The van der Waals surface area contributed by atoms with Gasteiger partial charge in [0.05, 0.1) is 0 Å². The number of piperidine rings is 1. The molecule has 3 unspecified atom stereocenters. The number of likely N-dealkylation sites (tertiary alicyclic amines) is 1. The fourth-order valence-corrected chi connectivity index (χ4v) is 3.36. The van der Waals surface area contributed by atoms with E-state index in [0.29, 0.717) is 5.78 Å². The number of Topliss-reactive ketones (excluding diaryl/α,β-unsaturated/α-hetero) is 1. The SMILES string of the molecule is CCC(C)C(=O)N1CCCCC1C1CCCC1=O. The highest BCUT2D eigenvalue weighted by Gasteiger charge is 2.39. The molecule has 102 valence electrons. The first-order valence-electron chi connectivity index (χ1n) is 7.48. The second kappa shape index (κ2) is 5.85. The van der Waals surface area contributed by atoms with Gasteiger partial charge in [-0.15, -0.1) is 0 Å². The predicted octanol–water partition coefficient (Wildman–Crippen LogP) is 2.78. The summed E-state index contributed by atoms with van der Waals surface area (Å²) in [5, 5.41) is 0. The van der Waals surface area contributed by atoms with Crippen molar-refractivity contribution in [3.05, 3.63) is 0 Å². The Morgan fingerprint density at radius 2 is 2.11 bits per heavy atom. The van der Waals surface area contributed by atoms with Crippen molar-refractivity contribution in [2.24, 2.45) is 11.8 Å². The van der Waals surface area contributed by atoms with Gasteiger partial charge < -0.3 is 4.90 Å². The maximum absolute atomic E-state index is 12.4. The minimum atomic E-state index is 0.0992. The Labute approximate surface area is 110 Å². The van der Waals surface area contributed by atoms with Gasteiger partial charge in [-0.05, 0) is 38.5 Å². The molecule has 1 aliphatic carbocycles. The molecule has 2 fully saturated rings. The van der Waals surface area contributed by atoms with Crippen molar-refractivity contribution >= 4 is 11.7 Å². The normalized spacial score (nSPS) is 30.6. The summed E-state index contributed by atoms with van der Waals surface area (Å²) >= 11 is 0. The smallest absolute Gasteiger partial charge is 0.225 e. The lowest BCUT2D eigenvalue weighted by atomic mass is 9.87. The average molecular weight is 251 g/mol. The van der Waals surface area contributed by atoms with Crippen molar-refractivity contribution in [2.45, 2.75) is 64.8 Å². The highest BCUT2D eigenvalue weighted by atomic mass is 16.2. The van der Waals surface area contributed by atoms with Gasteiger partial charge in [0.2, 0.25) is 5.91 Å². The molecule has 0 bridgehead atoms. The number of hydrogen-bond donors (Lipinski definition) is 0. The first kappa shape index (κ1) is 13.6. The average Bonchev–Trinajstić information content (AvgIpc) is 2.83. The highest BCUT2D eigenvalue weighted by molar-refractivity contribution is 5.85. The third kappa shape index (κ3) is 2.60. The van der Waals surface area contributed by atoms with Crippen molar-refractivity contribution < 1.29 is 9.59 Å². The van der Waals surface area contributed by atoms with Crippen molar-refractivity contribution in [3.63, 3.8) is 0 Å². The molecule has 0 aromatic carbocycles. The third-order valence-corrected chi connectivity index (χ3v) is 4.68. The molecule has 1 amide bonds. The van der Waals surface area contributed by atoms with Crippen LogP contribution in [0.3, 0.4) is 0 Å². The molecule has 0 aromatic heterocycles. The number of nitrogens with zero attached hydrogens (tertiary/aromatic N) is 1. The molecule has 0 spiro atoms. The zero-order valence-electron chi connectivity index (χ0n) is 11.7. The summed E-state index contributed by atoms with van der Waals surface area (Å²) in [6.07, 6.45) is 6.92. The van der Waals surface area contributed by atoms with Crippen LogP contribution >= 0.6 is 0 Å². The third-order valence-electron chi connectivity index (χ3n) is 4.68. The van der Waals surface area contributed by atoms with Crippen molar-refractivity contribution in [1.82, 2.24) is 4.90 Å². The Balaban J connectivity index is 2.10. The topological polar surface area (TPSA) is 37.4 Å². The fourth-order valence-electron chi connectivity index (χ4n) is 3.36. The van der Waals surface area contributed by atoms with Gasteiger partial charge in [-0.25, -0.2) is 0 Å². The molecule has 0 N–H and O–H groups in total. The summed E-state index contributed by atoms with van der Waals surface area (Å²) in [5.74, 6) is 0.895. The van der Waals surface area contributed by atoms with E-state index in [1.54, 1.807) is 0 Å².